The quantitative estimate of drug-likeness (QED) is 0.757. The molecule has 24 heavy (non-hydrogen) atoms. The lowest BCUT2D eigenvalue weighted by atomic mass is 10.00. The van der Waals surface area contributed by atoms with E-state index in [1.165, 1.54) is 6.33 Å². The first-order valence-corrected chi connectivity index (χ1v) is 8.77. The molecule has 0 spiro atoms. The van der Waals surface area contributed by atoms with Crippen LogP contribution in [0.25, 0.3) is 0 Å². The van der Waals surface area contributed by atoms with Crippen molar-refractivity contribution in [1.82, 2.24) is 14.9 Å². The van der Waals surface area contributed by atoms with Gasteiger partial charge in [-0.1, -0.05) is 11.6 Å². The second-order valence-corrected chi connectivity index (χ2v) is 7.94. The highest BCUT2D eigenvalue weighted by Crippen LogP contribution is 2.38. The van der Waals surface area contributed by atoms with Crippen LogP contribution in [0.4, 0.5) is 4.79 Å². The molecule has 2 fully saturated rings. The molecule has 2 aliphatic heterocycles. The number of rotatable bonds is 2. The fourth-order valence-electron chi connectivity index (χ4n) is 3.53. The van der Waals surface area contributed by atoms with Gasteiger partial charge in [0.1, 0.15) is 23.2 Å². The van der Waals surface area contributed by atoms with E-state index >= 15 is 0 Å². The summed E-state index contributed by atoms with van der Waals surface area (Å²) in [5.74, 6) is 0.533. The Kier molecular flexibility index (Phi) is 4.60. The fourth-order valence-corrected chi connectivity index (χ4v) is 3.65. The van der Waals surface area contributed by atoms with Crippen LogP contribution in [-0.4, -0.2) is 44.7 Å². The van der Waals surface area contributed by atoms with Crippen molar-refractivity contribution in [2.45, 2.75) is 77.2 Å². The zero-order valence-electron chi connectivity index (χ0n) is 14.6. The van der Waals surface area contributed by atoms with E-state index in [0.29, 0.717) is 11.0 Å². The smallest absolute Gasteiger partial charge is 0.410 e. The van der Waals surface area contributed by atoms with Gasteiger partial charge in [-0.05, 0) is 40.5 Å². The number of ether oxygens (including phenoxy) is 2. The monoisotopic (exact) mass is 353 g/mol. The van der Waals surface area contributed by atoms with Crippen molar-refractivity contribution in [3.8, 4) is 5.88 Å². The van der Waals surface area contributed by atoms with Gasteiger partial charge >= 0.3 is 6.09 Å². The summed E-state index contributed by atoms with van der Waals surface area (Å²) in [6.45, 7) is 7.53. The molecular weight excluding hydrogens is 330 g/mol. The molecule has 0 radical (unpaired) electrons. The van der Waals surface area contributed by atoms with Crippen LogP contribution in [0.15, 0.2) is 6.33 Å². The Bertz CT molecular complexity index is 618. The van der Waals surface area contributed by atoms with E-state index in [0.717, 1.165) is 31.2 Å². The number of carbonyl (C=O) groups excluding carboxylic acids is 1. The molecule has 3 atom stereocenters. The molecule has 0 aromatic carbocycles. The molecule has 7 heteroatoms. The molecule has 1 aromatic rings. The van der Waals surface area contributed by atoms with Crippen molar-refractivity contribution in [3.05, 3.63) is 17.0 Å². The minimum absolute atomic E-state index is 0.0332. The van der Waals surface area contributed by atoms with E-state index in [4.69, 9.17) is 21.1 Å². The minimum Gasteiger partial charge on any atom is -0.474 e. The number of halogens is 1. The average molecular weight is 354 g/mol. The van der Waals surface area contributed by atoms with Crippen molar-refractivity contribution >= 4 is 17.7 Å². The third-order valence-electron chi connectivity index (χ3n) is 4.55. The first kappa shape index (κ1) is 17.3. The minimum atomic E-state index is -0.474. The molecular formula is C17H24ClN3O3. The predicted octanol–water partition coefficient (Wildman–Crippen LogP) is 3.75. The summed E-state index contributed by atoms with van der Waals surface area (Å²) in [5, 5.41) is 0.411. The molecule has 2 unspecified atom stereocenters. The van der Waals surface area contributed by atoms with Gasteiger partial charge in [0, 0.05) is 30.5 Å². The van der Waals surface area contributed by atoms with Crippen molar-refractivity contribution in [3.63, 3.8) is 0 Å². The molecule has 0 N–H and O–H groups in total. The Morgan fingerprint density at radius 3 is 2.46 bits per heavy atom. The van der Waals surface area contributed by atoms with E-state index in [1.807, 2.05) is 32.6 Å². The zero-order chi connectivity index (χ0) is 17.5. The van der Waals surface area contributed by atoms with Crippen LogP contribution >= 0.6 is 11.6 Å². The summed E-state index contributed by atoms with van der Waals surface area (Å²) in [4.78, 5) is 22.5. The Hall–Kier alpha value is -1.56. The summed E-state index contributed by atoms with van der Waals surface area (Å²) in [5.41, 5.74) is 0.277. The highest BCUT2D eigenvalue weighted by Gasteiger charge is 2.45. The second-order valence-electron chi connectivity index (χ2n) is 7.58. The second kappa shape index (κ2) is 6.39. The maximum Gasteiger partial charge on any atom is 0.410 e. The molecule has 0 aliphatic carbocycles. The van der Waals surface area contributed by atoms with Gasteiger partial charge in [-0.3, -0.25) is 0 Å². The average Bonchev–Trinajstić information content (AvgIpc) is 2.74. The lowest BCUT2D eigenvalue weighted by Crippen LogP contribution is -2.50. The lowest BCUT2D eigenvalue weighted by molar-refractivity contribution is -0.00770. The van der Waals surface area contributed by atoms with E-state index < -0.39 is 5.60 Å². The molecule has 0 saturated carbocycles. The largest absolute Gasteiger partial charge is 0.474 e. The van der Waals surface area contributed by atoms with Crippen molar-refractivity contribution in [1.29, 1.82) is 0 Å². The van der Waals surface area contributed by atoms with Crippen LogP contribution in [0.5, 0.6) is 5.88 Å². The van der Waals surface area contributed by atoms with E-state index in [-0.39, 0.29) is 24.3 Å². The Labute approximate surface area is 147 Å². The standard InChI is InChI=1S/C17H24ClN3O3/c1-10-14(18)19-9-20-15(10)23-13-7-11-5-6-12(8-13)21(11)16(22)24-17(2,3)4/h9,11-13H,5-8H2,1-4H3/t11-,12?,13?/m0/s1. The van der Waals surface area contributed by atoms with Gasteiger partial charge in [0.15, 0.2) is 0 Å². The molecule has 6 nitrogen and oxygen atoms in total. The normalized spacial score (nSPS) is 26.4. The molecule has 2 bridgehead atoms. The Morgan fingerprint density at radius 2 is 1.88 bits per heavy atom. The maximum atomic E-state index is 12.5. The first-order valence-electron chi connectivity index (χ1n) is 8.39. The number of hydrogen-bond donors (Lipinski definition) is 0. The van der Waals surface area contributed by atoms with Crippen LogP contribution in [0, 0.1) is 6.92 Å². The zero-order valence-corrected chi connectivity index (χ0v) is 15.3. The van der Waals surface area contributed by atoms with Crippen molar-refractivity contribution in [2.24, 2.45) is 0 Å². The highest BCUT2D eigenvalue weighted by atomic mass is 35.5. The molecule has 1 aromatic heterocycles. The van der Waals surface area contributed by atoms with Gasteiger partial charge < -0.3 is 14.4 Å². The van der Waals surface area contributed by atoms with Gasteiger partial charge in [0.2, 0.25) is 5.88 Å². The van der Waals surface area contributed by atoms with Gasteiger partial charge in [-0.15, -0.1) is 0 Å². The van der Waals surface area contributed by atoms with Crippen LogP contribution in [0.3, 0.4) is 0 Å². The van der Waals surface area contributed by atoms with E-state index in [2.05, 4.69) is 9.97 Å². The van der Waals surface area contributed by atoms with Crippen LogP contribution in [-0.2, 0) is 4.74 Å². The number of nitrogens with zero attached hydrogens (tertiary/aromatic N) is 3. The number of piperidine rings is 1. The predicted molar refractivity (Wildman–Crippen MR) is 90.3 cm³/mol. The number of amides is 1. The Morgan fingerprint density at radius 1 is 1.25 bits per heavy atom. The SMILES string of the molecule is Cc1c(Cl)ncnc1OC1CC2CC[C@@H](C1)N2C(=O)OC(C)(C)C. The number of aromatic nitrogens is 2. The molecule has 2 saturated heterocycles. The third-order valence-corrected chi connectivity index (χ3v) is 4.93. The van der Waals surface area contributed by atoms with Crippen LogP contribution < -0.4 is 4.74 Å². The van der Waals surface area contributed by atoms with Crippen molar-refractivity contribution in [2.75, 3.05) is 0 Å². The maximum absolute atomic E-state index is 12.5. The topological polar surface area (TPSA) is 64.6 Å². The van der Waals surface area contributed by atoms with Gasteiger partial charge in [-0.25, -0.2) is 14.8 Å². The summed E-state index contributed by atoms with van der Waals surface area (Å²) < 4.78 is 11.6. The van der Waals surface area contributed by atoms with Gasteiger partial charge in [0.05, 0.1) is 0 Å². The third kappa shape index (κ3) is 3.58. The molecule has 2 aliphatic rings. The van der Waals surface area contributed by atoms with Gasteiger partial charge in [0.25, 0.3) is 0 Å². The molecule has 132 valence electrons. The Balaban J connectivity index is 1.67. The number of fused-ring (bicyclic) bond motifs is 2. The van der Waals surface area contributed by atoms with E-state index in [1.54, 1.807) is 0 Å². The number of carbonyl (C=O) groups is 1. The lowest BCUT2D eigenvalue weighted by Gasteiger charge is -2.39. The first-order chi connectivity index (χ1) is 11.2. The van der Waals surface area contributed by atoms with Crippen LogP contribution in [0.2, 0.25) is 5.15 Å². The van der Waals surface area contributed by atoms with Crippen molar-refractivity contribution < 1.29 is 14.3 Å². The summed E-state index contributed by atoms with van der Waals surface area (Å²) in [6, 6.07) is 0.336. The summed E-state index contributed by atoms with van der Waals surface area (Å²) in [7, 11) is 0. The fraction of sp³-hybridized carbons (Fsp3) is 0.706. The van der Waals surface area contributed by atoms with E-state index in [9.17, 15) is 4.79 Å². The number of hydrogen-bond acceptors (Lipinski definition) is 5. The summed E-state index contributed by atoms with van der Waals surface area (Å²) >= 11 is 6.03. The summed E-state index contributed by atoms with van der Waals surface area (Å²) in [6.07, 6.45) is 4.80. The van der Waals surface area contributed by atoms with Crippen LogP contribution in [0.1, 0.15) is 52.0 Å². The van der Waals surface area contributed by atoms with Gasteiger partial charge in [-0.2, -0.15) is 0 Å². The molecule has 1 amide bonds. The molecule has 3 heterocycles. The molecule has 3 rings (SSSR count). The highest BCUT2D eigenvalue weighted by molar-refractivity contribution is 6.30.